The van der Waals surface area contributed by atoms with Crippen LogP contribution in [0.3, 0.4) is 0 Å². The molecule has 2 aromatic rings. The van der Waals surface area contributed by atoms with Gasteiger partial charge < -0.3 is 10.6 Å². The van der Waals surface area contributed by atoms with Gasteiger partial charge in [0.05, 0.1) is 0 Å². The molecular weight excluding hydrogens is 274 g/mol. The Hall–Kier alpha value is -2.43. The SMILES string of the molecule is Cc1ccccc1CCNC(=O)Nc1c(F)cccc1F. The number of urea groups is 1. The number of halogens is 2. The van der Waals surface area contributed by atoms with Gasteiger partial charge in [-0.25, -0.2) is 13.6 Å². The fourth-order valence-electron chi connectivity index (χ4n) is 1.98. The van der Waals surface area contributed by atoms with Crippen molar-refractivity contribution in [3.8, 4) is 0 Å². The minimum atomic E-state index is -0.802. The second-order valence-electron chi connectivity index (χ2n) is 4.65. The molecule has 5 heteroatoms. The summed E-state index contributed by atoms with van der Waals surface area (Å²) < 4.78 is 26.7. The highest BCUT2D eigenvalue weighted by atomic mass is 19.1. The molecule has 0 aliphatic rings. The third-order valence-electron chi connectivity index (χ3n) is 3.14. The molecule has 2 rings (SSSR count). The minimum absolute atomic E-state index is 0.382. The summed E-state index contributed by atoms with van der Waals surface area (Å²) in [6.45, 7) is 2.37. The number of benzene rings is 2. The van der Waals surface area contributed by atoms with Crippen LogP contribution in [0.4, 0.5) is 19.3 Å². The van der Waals surface area contributed by atoms with E-state index in [0.29, 0.717) is 13.0 Å². The maximum absolute atomic E-state index is 13.4. The molecule has 0 heterocycles. The van der Waals surface area contributed by atoms with E-state index >= 15 is 0 Å². The molecule has 0 saturated heterocycles. The van der Waals surface area contributed by atoms with Gasteiger partial charge >= 0.3 is 6.03 Å². The van der Waals surface area contributed by atoms with Crippen LogP contribution in [0.25, 0.3) is 0 Å². The van der Waals surface area contributed by atoms with Crippen LogP contribution in [0.15, 0.2) is 42.5 Å². The first-order chi connectivity index (χ1) is 10.1. The molecular formula is C16H16F2N2O. The van der Waals surface area contributed by atoms with Crippen LogP contribution < -0.4 is 10.6 Å². The highest BCUT2D eigenvalue weighted by Gasteiger charge is 2.11. The molecule has 110 valence electrons. The lowest BCUT2D eigenvalue weighted by Gasteiger charge is -2.10. The normalized spacial score (nSPS) is 10.2. The summed E-state index contributed by atoms with van der Waals surface area (Å²) in [6, 6.07) is 10.6. The standard InChI is InChI=1S/C16H16F2N2O/c1-11-5-2-3-6-12(11)9-10-19-16(21)20-15-13(17)7-4-8-14(15)18/h2-8H,9-10H2,1H3,(H2,19,20,21). The number of anilines is 1. The molecule has 0 aromatic heterocycles. The van der Waals surface area contributed by atoms with Crippen molar-refractivity contribution in [2.24, 2.45) is 0 Å². The summed E-state index contributed by atoms with van der Waals surface area (Å²) in [7, 11) is 0. The Balaban J connectivity index is 1.87. The highest BCUT2D eigenvalue weighted by Crippen LogP contribution is 2.17. The van der Waals surface area contributed by atoms with E-state index < -0.39 is 23.4 Å². The molecule has 2 N–H and O–H groups in total. The van der Waals surface area contributed by atoms with E-state index in [4.69, 9.17) is 0 Å². The second-order valence-corrected chi connectivity index (χ2v) is 4.65. The van der Waals surface area contributed by atoms with Gasteiger partial charge in [-0.2, -0.15) is 0 Å². The van der Waals surface area contributed by atoms with Crippen molar-refractivity contribution >= 4 is 11.7 Å². The number of carbonyl (C=O) groups is 1. The number of hydrogen-bond donors (Lipinski definition) is 2. The molecule has 0 spiro atoms. The molecule has 21 heavy (non-hydrogen) atoms. The van der Waals surface area contributed by atoms with Gasteiger partial charge in [0.1, 0.15) is 17.3 Å². The van der Waals surface area contributed by atoms with Gasteiger partial charge in [-0.1, -0.05) is 30.3 Å². The molecule has 2 amide bonds. The van der Waals surface area contributed by atoms with Crippen molar-refractivity contribution in [2.75, 3.05) is 11.9 Å². The van der Waals surface area contributed by atoms with Crippen LogP contribution in [-0.2, 0) is 6.42 Å². The summed E-state index contributed by atoms with van der Waals surface area (Å²) >= 11 is 0. The Labute approximate surface area is 122 Å². The van der Waals surface area contributed by atoms with E-state index in [1.54, 1.807) is 0 Å². The summed E-state index contributed by atoms with van der Waals surface area (Å²) in [6.07, 6.45) is 0.653. The lowest BCUT2D eigenvalue weighted by atomic mass is 10.1. The summed E-state index contributed by atoms with van der Waals surface area (Å²) in [5.74, 6) is -1.60. The number of carbonyl (C=O) groups excluding carboxylic acids is 1. The van der Waals surface area contributed by atoms with Crippen molar-refractivity contribution in [3.63, 3.8) is 0 Å². The molecule has 0 radical (unpaired) electrons. The minimum Gasteiger partial charge on any atom is -0.338 e. The zero-order chi connectivity index (χ0) is 15.2. The number of nitrogens with one attached hydrogen (secondary N) is 2. The Kier molecular flexibility index (Phi) is 4.87. The summed E-state index contributed by atoms with van der Waals surface area (Å²) in [5.41, 5.74) is 1.82. The zero-order valence-corrected chi connectivity index (χ0v) is 11.6. The van der Waals surface area contributed by atoms with Crippen LogP contribution in [0, 0.1) is 18.6 Å². The predicted molar refractivity (Wildman–Crippen MR) is 78.3 cm³/mol. The van der Waals surface area contributed by atoms with Crippen molar-refractivity contribution in [2.45, 2.75) is 13.3 Å². The summed E-state index contributed by atoms with van der Waals surface area (Å²) in [5, 5.41) is 4.76. The maximum Gasteiger partial charge on any atom is 0.319 e. The van der Waals surface area contributed by atoms with Crippen molar-refractivity contribution in [1.29, 1.82) is 0 Å². The van der Waals surface area contributed by atoms with E-state index in [1.807, 2.05) is 31.2 Å². The van der Waals surface area contributed by atoms with Gasteiger partial charge in [-0.15, -0.1) is 0 Å². The van der Waals surface area contributed by atoms with Gasteiger partial charge in [0.2, 0.25) is 0 Å². The highest BCUT2D eigenvalue weighted by molar-refractivity contribution is 5.89. The Bertz CT molecular complexity index is 624. The topological polar surface area (TPSA) is 41.1 Å². The Morgan fingerprint density at radius 2 is 1.71 bits per heavy atom. The van der Waals surface area contributed by atoms with Crippen LogP contribution in [0.1, 0.15) is 11.1 Å². The smallest absolute Gasteiger partial charge is 0.319 e. The van der Waals surface area contributed by atoms with E-state index in [1.165, 1.54) is 6.07 Å². The lowest BCUT2D eigenvalue weighted by Crippen LogP contribution is -2.31. The monoisotopic (exact) mass is 290 g/mol. The molecule has 0 fully saturated rings. The van der Waals surface area contributed by atoms with Crippen LogP contribution >= 0.6 is 0 Å². The second kappa shape index (κ2) is 6.83. The van der Waals surface area contributed by atoms with Crippen molar-refractivity contribution in [1.82, 2.24) is 5.32 Å². The molecule has 0 saturated carbocycles. The van der Waals surface area contributed by atoms with E-state index in [2.05, 4.69) is 10.6 Å². The largest absolute Gasteiger partial charge is 0.338 e. The van der Waals surface area contributed by atoms with Crippen LogP contribution in [0.2, 0.25) is 0 Å². The van der Waals surface area contributed by atoms with Gasteiger partial charge in [0.25, 0.3) is 0 Å². The maximum atomic E-state index is 13.4. The fraction of sp³-hybridized carbons (Fsp3) is 0.188. The van der Waals surface area contributed by atoms with E-state index in [-0.39, 0.29) is 0 Å². The number of hydrogen-bond acceptors (Lipinski definition) is 1. The number of aryl methyl sites for hydroxylation is 1. The van der Waals surface area contributed by atoms with Gasteiger partial charge in [-0.3, -0.25) is 0 Å². The quantitative estimate of drug-likeness (QED) is 0.887. The average Bonchev–Trinajstić information content (AvgIpc) is 2.45. The summed E-state index contributed by atoms with van der Waals surface area (Å²) in [4.78, 5) is 11.6. The Morgan fingerprint density at radius 3 is 2.38 bits per heavy atom. The van der Waals surface area contributed by atoms with Crippen molar-refractivity contribution < 1.29 is 13.6 Å². The molecule has 0 aliphatic heterocycles. The molecule has 3 nitrogen and oxygen atoms in total. The first-order valence-corrected chi connectivity index (χ1v) is 6.61. The lowest BCUT2D eigenvalue weighted by molar-refractivity contribution is 0.252. The zero-order valence-electron chi connectivity index (χ0n) is 11.6. The third kappa shape index (κ3) is 4.02. The van der Waals surface area contributed by atoms with E-state index in [9.17, 15) is 13.6 Å². The van der Waals surface area contributed by atoms with Gasteiger partial charge in [0, 0.05) is 6.54 Å². The molecule has 0 bridgehead atoms. The number of rotatable bonds is 4. The van der Waals surface area contributed by atoms with Crippen LogP contribution in [-0.4, -0.2) is 12.6 Å². The van der Waals surface area contributed by atoms with Crippen LogP contribution in [0.5, 0.6) is 0 Å². The predicted octanol–water partition coefficient (Wildman–Crippen LogP) is 3.64. The van der Waals surface area contributed by atoms with E-state index in [0.717, 1.165) is 23.3 Å². The first kappa shape index (κ1) is 15.0. The third-order valence-corrected chi connectivity index (χ3v) is 3.14. The molecule has 0 aliphatic carbocycles. The first-order valence-electron chi connectivity index (χ1n) is 6.61. The average molecular weight is 290 g/mol. The Morgan fingerprint density at radius 1 is 1.05 bits per heavy atom. The molecule has 0 unspecified atom stereocenters. The number of para-hydroxylation sites is 1. The molecule has 0 atom stereocenters. The molecule has 2 aromatic carbocycles. The number of amides is 2. The fourth-order valence-corrected chi connectivity index (χ4v) is 1.98. The van der Waals surface area contributed by atoms with Crippen molar-refractivity contribution in [3.05, 3.63) is 65.2 Å². The van der Waals surface area contributed by atoms with Gasteiger partial charge in [-0.05, 0) is 36.6 Å². The van der Waals surface area contributed by atoms with Gasteiger partial charge in [0.15, 0.2) is 0 Å².